The number of ether oxygens (including phenoxy) is 2. The van der Waals surface area contributed by atoms with Gasteiger partial charge in [0.1, 0.15) is 18.0 Å². The second-order valence-electron chi connectivity index (χ2n) is 7.83. The van der Waals surface area contributed by atoms with Gasteiger partial charge >= 0.3 is 5.97 Å². The predicted molar refractivity (Wildman–Crippen MR) is 94.0 cm³/mol. The van der Waals surface area contributed by atoms with Crippen molar-refractivity contribution in [2.24, 2.45) is 5.92 Å². The van der Waals surface area contributed by atoms with Gasteiger partial charge in [0.2, 0.25) is 0 Å². The molecule has 1 heterocycles. The van der Waals surface area contributed by atoms with Gasteiger partial charge < -0.3 is 14.6 Å². The zero-order chi connectivity index (χ0) is 19.3. The number of carboxylic acid groups (broad SMARTS) is 1. The van der Waals surface area contributed by atoms with E-state index in [9.17, 15) is 13.6 Å². The van der Waals surface area contributed by atoms with Gasteiger partial charge in [0.15, 0.2) is 17.4 Å². The SMILES string of the molecule is CC1(C)Cc2cccc(COc3c(F)cc(C4CC4C(=O)O)cc3F)c2O1. The molecule has 142 valence electrons. The molecule has 0 bridgehead atoms. The van der Waals surface area contributed by atoms with Crippen molar-refractivity contribution in [3.05, 3.63) is 58.7 Å². The van der Waals surface area contributed by atoms with Gasteiger partial charge in [-0.3, -0.25) is 4.79 Å². The van der Waals surface area contributed by atoms with Crippen molar-refractivity contribution in [3.8, 4) is 11.5 Å². The summed E-state index contributed by atoms with van der Waals surface area (Å²) in [6, 6.07) is 7.99. The van der Waals surface area contributed by atoms with Gasteiger partial charge in [0, 0.05) is 12.0 Å². The highest BCUT2D eigenvalue weighted by Crippen LogP contribution is 2.48. The molecule has 0 amide bonds. The van der Waals surface area contributed by atoms with Gasteiger partial charge in [0.05, 0.1) is 5.92 Å². The summed E-state index contributed by atoms with van der Waals surface area (Å²) >= 11 is 0. The molecule has 1 saturated carbocycles. The number of carboxylic acids is 1. The summed E-state index contributed by atoms with van der Waals surface area (Å²) in [7, 11) is 0. The number of carbonyl (C=O) groups is 1. The molecule has 2 aromatic carbocycles. The van der Waals surface area contributed by atoms with E-state index in [1.807, 2.05) is 32.0 Å². The Labute approximate surface area is 155 Å². The van der Waals surface area contributed by atoms with Gasteiger partial charge in [-0.25, -0.2) is 8.78 Å². The van der Waals surface area contributed by atoms with E-state index in [0.29, 0.717) is 17.7 Å². The summed E-state index contributed by atoms with van der Waals surface area (Å²) in [5.41, 5.74) is 1.82. The van der Waals surface area contributed by atoms with E-state index < -0.39 is 29.3 Å². The minimum absolute atomic E-state index is 0.0202. The average Bonchev–Trinajstić information content (AvgIpc) is 3.31. The van der Waals surface area contributed by atoms with E-state index in [1.54, 1.807) is 0 Å². The standard InChI is InChI=1S/C21H20F2O4/c1-21(2)9-11-4-3-5-12(18(11)27-21)10-26-19-16(22)6-13(7-17(19)23)14-8-15(14)20(24)25/h3-7,14-15H,8-10H2,1-2H3,(H,24,25). The summed E-state index contributed by atoms with van der Waals surface area (Å²) in [4.78, 5) is 11.0. The Morgan fingerprint density at radius 1 is 1.30 bits per heavy atom. The quantitative estimate of drug-likeness (QED) is 0.840. The van der Waals surface area contributed by atoms with E-state index >= 15 is 0 Å². The lowest BCUT2D eigenvalue weighted by molar-refractivity contribution is -0.138. The highest BCUT2D eigenvalue weighted by molar-refractivity contribution is 5.75. The van der Waals surface area contributed by atoms with Gasteiger partial charge in [-0.1, -0.05) is 18.2 Å². The number of fused-ring (bicyclic) bond motifs is 1. The molecule has 0 saturated heterocycles. The number of rotatable bonds is 5. The van der Waals surface area contributed by atoms with E-state index in [2.05, 4.69) is 0 Å². The fourth-order valence-corrected chi connectivity index (χ4v) is 3.71. The third kappa shape index (κ3) is 3.36. The minimum Gasteiger partial charge on any atom is -0.487 e. The van der Waals surface area contributed by atoms with Crippen molar-refractivity contribution in [3.63, 3.8) is 0 Å². The van der Waals surface area contributed by atoms with Crippen LogP contribution in [0.3, 0.4) is 0 Å². The Morgan fingerprint density at radius 2 is 2.00 bits per heavy atom. The summed E-state index contributed by atoms with van der Waals surface area (Å²) in [5, 5.41) is 8.98. The maximum Gasteiger partial charge on any atom is 0.307 e. The highest BCUT2D eigenvalue weighted by atomic mass is 19.1. The zero-order valence-electron chi connectivity index (χ0n) is 15.1. The van der Waals surface area contributed by atoms with Crippen LogP contribution >= 0.6 is 0 Å². The summed E-state index contributed by atoms with van der Waals surface area (Å²) in [5.74, 6) is -3.24. The molecule has 2 aliphatic rings. The van der Waals surface area contributed by atoms with E-state index in [-0.39, 0.29) is 18.1 Å². The van der Waals surface area contributed by atoms with Crippen LogP contribution in [0.25, 0.3) is 0 Å². The molecule has 1 fully saturated rings. The maximum absolute atomic E-state index is 14.4. The van der Waals surface area contributed by atoms with Gasteiger partial charge in [-0.05, 0) is 49.4 Å². The van der Waals surface area contributed by atoms with Crippen LogP contribution in [0.4, 0.5) is 8.78 Å². The number of hydrogen-bond donors (Lipinski definition) is 1. The Morgan fingerprint density at radius 3 is 2.63 bits per heavy atom. The predicted octanol–water partition coefficient (Wildman–Crippen LogP) is 4.45. The average molecular weight is 374 g/mol. The molecule has 4 nitrogen and oxygen atoms in total. The Hall–Kier alpha value is -2.63. The molecule has 2 unspecified atom stereocenters. The van der Waals surface area contributed by atoms with Crippen LogP contribution in [0.5, 0.6) is 11.5 Å². The van der Waals surface area contributed by atoms with E-state index in [1.165, 1.54) is 12.1 Å². The normalized spacial score (nSPS) is 22.1. The van der Waals surface area contributed by atoms with E-state index in [0.717, 1.165) is 17.5 Å². The number of hydrogen-bond acceptors (Lipinski definition) is 3. The van der Waals surface area contributed by atoms with E-state index in [4.69, 9.17) is 14.6 Å². The number of benzene rings is 2. The summed E-state index contributed by atoms with van der Waals surface area (Å²) in [6.45, 7) is 3.95. The molecule has 2 aromatic rings. The molecule has 4 rings (SSSR count). The third-order valence-electron chi connectivity index (χ3n) is 5.10. The lowest BCUT2D eigenvalue weighted by atomic mass is 10.0. The molecule has 1 N–H and O–H groups in total. The van der Waals surface area contributed by atoms with Gasteiger partial charge in [0.25, 0.3) is 0 Å². The van der Waals surface area contributed by atoms with Crippen molar-refractivity contribution in [2.45, 2.75) is 44.8 Å². The number of para-hydroxylation sites is 1. The van der Waals surface area contributed by atoms with Crippen molar-refractivity contribution in [1.82, 2.24) is 0 Å². The zero-order valence-corrected chi connectivity index (χ0v) is 15.1. The molecule has 6 heteroatoms. The first-order valence-corrected chi connectivity index (χ1v) is 8.89. The van der Waals surface area contributed by atoms with Crippen LogP contribution in [0.15, 0.2) is 30.3 Å². The van der Waals surface area contributed by atoms with Gasteiger partial charge in [-0.15, -0.1) is 0 Å². The molecule has 0 spiro atoms. The Balaban J connectivity index is 1.52. The molecule has 1 aliphatic carbocycles. The first-order chi connectivity index (χ1) is 12.7. The Bertz CT molecular complexity index is 899. The monoisotopic (exact) mass is 374 g/mol. The maximum atomic E-state index is 14.4. The first-order valence-electron chi connectivity index (χ1n) is 8.89. The third-order valence-corrected chi connectivity index (χ3v) is 5.10. The van der Waals surface area contributed by atoms with Crippen molar-refractivity contribution in [1.29, 1.82) is 0 Å². The second-order valence-corrected chi connectivity index (χ2v) is 7.83. The van der Waals surface area contributed by atoms with Crippen LogP contribution in [-0.2, 0) is 17.8 Å². The molecule has 2 atom stereocenters. The second kappa shape index (κ2) is 6.22. The molecule has 0 radical (unpaired) electrons. The van der Waals surface area contributed by atoms with Crippen LogP contribution in [0.2, 0.25) is 0 Å². The highest BCUT2D eigenvalue weighted by Gasteiger charge is 2.44. The van der Waals surface area contributed by atoms with Gasteiger partial charge in [-0.2, -0.15) is 0 Å². The topological polar surface area (TPSA) is 55.8 Å². The van der Waals surface area contributed by atoms with Crippen molar-refractivity contribution >= 4 is 5.97 Å². The molecule has 27 heavy (non-hydrogen) atoms. The molecule has 1 aliphatic heterocycles. The lowest BCUT2D eigenvalue weighted by Gasteiger charge is -2.18. The molecular weight excluding hydrogens is 354 g/mol. The van der Waals surface area contributed by atoms with Crippen LogP contribution < -0.4 is 9.47 Å². The van der Waals surface area contributed by atoms with Crippen LogP contribution in [0.1, 0.15) is 42.9 Å². The fourth-order valence-electron chi connectivity index (χ4n) is 3.71. The molecule has 0 aromatic heterocycles. The summed E-state index contributed by atoms with van der Waals surface area (Å²) in [6.07, 6.45) is 1.16. The molecular formula is C21H20F2O4. The van der Waals surface area contributed by atoms with Crippen LogP contribution in [-0.4, -0.2) is 16.7 Å². The number of halogens is 2. The van der Waals surface area contributed by atoms with Crippen molar-refractivity contribution < 1.29 is 28.2 Å². The van der Waals surface area contributed by atoms with Crippen LogP contribution in [0, 0.1) is 17.6 Å². The fraction of sp³-hybridized carbons (Fsp3) is 0.381. The largest absolute Gasteiger partial charge is 0.487 e. The lowest BCUT2D eigenvalue weighted by Crippen LogP contribution is -2.25. The minimum atomic E-state index is -0.943. The first kappa shape index (κ1) is 17.8. The van der Waals surface area contributed by atoms with Crippen molar-refractivity contribution in [2.75, 3.05) is 0 Å². The summed E-state index contributed by atoms with van der Waals surface area (Å²) < 4.78 is 40.1. The number of aliphatic carboxylic acids is 1. The Kier molecular flexibility index (Phi) is 4.09. The smallest absolute Gasteiger partial charge is 0.307 e.